The van der Waals surface area contributed by atoms with Crippen molar-refractivity contribution in [2.75, 3.05) is 13.7 Å². The number of nitrogens with zero attached hydrogens (tertiary/aromatic N) is 1. The molecule has 2 rings (SSSR count). The lowest BCUT2D eigenvalue weighted by Crippen LogP contribution is -2.25. The molecule has 0 spiro atoms. The van der Waals surface area contributed by atoms with Gasteiger partial charge >= 0.3 is 0 Å². The van der Waals surface area contributed by atoms with Crippen LogP contribution < -0.4 is 5.32 Å². The van der Waals surface area contributed by atoms with Crippen LogP contribution in [0.25, 0.3) is 0 Å². The number of ether oxygens (including phenoxy) is 1. The van der Waals surface area contributed by atoms with Gasteiger partial charge in [-0.25, -0.2) is 0 Å². The standard InChI is InChI=1S/C16H20N2O3/c1-21-9-8-18-7-3-6-15(18)16(20)17-11-13-4-2-5-14(10-13)12-19/h2-7,10,19H,8-9,11-12H2,1H3,(H,17,20). The van der Waals surface area contributed by atoms with E-state index < -0.39 is 0 Å². The van der Waals surface area contributed by atoms with Gasteiger partial charge in [-0.1, -0.05) is 24.3 Å². The van der Waals surface area contributed by atoms with Gasteiger partial charge in [-0.2, -0.15) is 0 Å². The van der Waals surface area contributed by atoms with E-state index in [1.165, 1.54) is 0 Å². The number of aromatic nitrogens is 1. The number of nitrogens with one attached hydrogen (secondary N) is 1. The summed E-state index contributed by atoms with van der Waals surface area (Å²) in [6, 6.07) is 11.1. The van der Waals surface area contributed by atoms with Crippen LogP contribution in [0.2, 0.25) is 0 Å². The predicted octanol–water partition coefficient (Wildman–Crippen LogP) is 1.56. The Bertz CT molecular complexity index is 593. The first-order valence-corrected chi connectivity index (χ1v) is 6.85. The maximum absolute atomic E-state index is 12.2. The quantitative estimate of drug-likeness (QED) is 0.812. The van der Waals surface area contributed by atoms with Crippen molar-refractivity contribution in [3.8, 4) is 0 Å². The van der Waals surface area contributed by atoms with E-state index in [9.17, 15) is 4.79 Å². The van der Waals surface area contributed by atoms with Gasteiger partial charge in [-0.3, -0.25) is 4.79 Å². The van der Waals surface area contributed by atoms with Gasteiger partial charge in [-0.15, -0.1) is 0 Å². The molecule has 0 saturated carbocycles. The molecule has 1 aromatic heterocycles. The van der Waals surface area contributed by atoms with Gasteiger partial charge in [0.2, 0.25) is 0 Å². The van der Waals surface area contributed by atoms with E-state index in [2.05, 4.69) is 5.32 Å². The average Bonchev–Trinajstić information content (AvgIpc) is 2.99. The summed E-state index contributed by atoms with van der Waals surface area (Å²) in [5, 5.41) is 12.0. The van der Waals surface area contributed by atoms with E-state index in [0.717, 1.165) is 11.1 Å². The van der Waals surface area contributed by atoms with Crippen LogP contribution in [0, 0.1) is 0 Å². The van der Waals surface area contributed by atoms with Crippen LogP contribution in [-0.2, 0) is 24.4 Å². The third-order valence-electron chi connectivity index (χ3n) is 3.23. The van der Waals surface area contributed by atoms with Gasteiger partial charge < -0.3 is 19.7 Å². The first-order chi connectivity index (χ1) is 10.2. The molecule has 1 heterocycles. The predicted molar refractivity (Wildman–Crippen MR) is 79.8 cm³/mol. The van der Waals surface area contributed by atoms with E-state index in [4.69, 9.17) is 9.84 Å². The minimum absolute atomic E-state index is 0.00164. The second-order valence-electron chi connectivity index (χ2n) is 4.74. The monoisotopic (exact) mass is 288 g/mol. The Hall–Kier alpha value is -2.11. The van der Waals surface area contributed by atoms with Crippen LogP contribution in [0.4, 0.5) is 0 Å². The average molecular weight is 288 g/mol. The lowest BCUT2D eigenvalue weighted by Gasteiger charge is -2.10. The fraction of sp³-hybridized carbons (Fsp3) is 0.312. The van der Waals surface area contributed by atoms with Crippen LogP contribution in [0.3, 0.4) is 0 Å². The van der Waals surface area contributed by atoms with Crippen LogP contribution >= 0.6 is 0 Å². The number of aliphatic hydroxyl groups excluding tert-OH is 1. The lowest BCUT2D eigenvalue weighted by molar-refractivity contribution is 0.0939. The molecule has 0 atom stereocenters. The van der Waals surface area contributed by atoms with Gasteiger partial charge in [0.1, 0.15) is 5.69 Å². The van der Waals surface area contributed by atoms with E-state index >= 15 is 0 Å². The number of rotatable bonds is 7. The molecule has 0 aliphatic carbocycles. The minimum Gasteiger partial charge on any atom is -0.392 e. The Morgan fingerprint density at radius 3 is 2.86 bits per heavy atom. The number of benzene rings is 1. The molecule has 5 nitrogen and oxygen atoms in total. The van der Waals surface area contributed by atoms with Gasteiger partial charge in [0.15, 0.2) is 0 Å². The number of carbonyl (C=O) groups excluding carboxylic acids is 1. The van der Waals surface area contributed by atoms with Crippen LogP contribution in [0.15, 0.2) is 42.6 Å². The SMILES string of the molecule is COCCn1cccc1C(=O)NCc1cccc(CO)c1. The van der Waals surface area contributed by atoms with Crippen LogP contribution in [-0.4, -0.2) is 29.3 Å². The molecule has 0 aliphatic heterocycles. The highest BCUT2D eigenvalue weighted by molar-refractivity contribution is 5.92. The zero-order valence-corrected chi connectivity index (χ0v) is 12.1. The summed E-state index contributed by atoms with van der Waals surface area (Å²) >= 11 is 0. The number of hydrogen-bond donors (Lipinski definition) is 2. The molecule has 0 aliphatic rings. The number of methoxy groups -OCH3 is 1. The molecule has 2 aromatic rings. The van der Waals surface area contributed by atoms with Crippen molar-refractivity contribution in [2.45, 2.75) is 19.7 Å². The van der Waals surface area contributed by atoms with Gasteiger partial charge in [-0.05, 0) is 23.3 Å². The highest BCUT2D eigenvalue weighted by Gasteiger charge is 2.10. The first-order valence-electron chi connectivity index (χ1n) is 6.85. The van der Waals surface area contributed by atoms with Crippen molar-refractivity contribution in [2.24, 2.45) is 0 Å². The maximum atomic E-state index is 12.2. The molecule has 21 heavy (non-hydrogen) atoms. The second kappa shape index (κ2) is 7.61. The van der Waals surface area contributed by atoms with Crippen molar-refractivity contribution < 1.29 is 14.6 Å². The molecule has 0 fully saturated rings. The summed E-state index contributed by atoms with van der Waals surface area (Å²) in [6.45, 7) is 1.64. The highest BCUT2D eigenvalue weighted by atomic mass is 16.5. The Balaban J connectivity index is 1.96. The Labute approximate surface area is 124 Å². The van der Waals surface area contributed by atoms with Crippen molar-refractivity contribution in [1.82, 2.24) is 9.88 Å². The Morgan fingerprint density at radius 1 is 1.29 bits per heavy atom. The molecule has 0 saturated heterocycles. The van der Waals surface area contributed by atoms with Gasteiger partial charge in [0.25, 0.3) is 5.91 Å². The topological polar surface area (TPSA) is 63.5 Å². The van der Waals surface area contributed by atoms with E-state index in [1.807, 2.05) is 41.1 Å². The molecule has 0 bridgehead atoms. The highest BCUT2D eigenvalue weighted by Crippen LogP contribution is 2.06. The van der Waals surface area contributed by atoms with E-state index in [0.29, 0.717) is 25.4 Å². The van der Waals surface area contributed by atoms with Gasteiger partial charge in [0.05, 0.1) is 13.2 Å². The first kappa shape index (κ1) is 15.3. The second-order valence-corrected chi connectivity index (χ2v) is 4.74. The fourth-order valence-electron chi connectivity index (χ4n) is 2.12. The van der Waals surface area contributed by atoms with Crippen molar-refractivity contribution in [1.29, 1.82) is 0 Å². The zero-order chi connectivity index (χ0) is 15.1. The van der Waals surface area contributed by atoms with Crippen molar-refractivity contribution in [3.05, 3.63) is 59.4 Å². The lowest BCUT2D eigenvalue weighted by atomic mass is 10.1. The summed E-state index contributed by atoms with van der Waals surface area (Å²) in [5.74, 6) is -0.120. The molecular weight excluding hydrogens is 268 g/mol. The van der Waals surface area contributed by atoms with E-state index in [1.54, 1.807) is 13.2 Å². The zero-order valence-electron chi connectivity index (χ0n) is 12.1. The number of carbonyl (C=O) groups is 1. The summed E-state index contributed by atoms with van der Waals surface area (Å²) in [5.41, 5.74) is 2.42. The minimum atomic E-state index is -0.120. The molecular formula is C16H20N2O3. The summed E-state index contributed by atoms with van der Waals surface area (Å²) in [6.07, 6.45) is 1.86. The Morgan fingerprint density at radius 2 is 2.10 bits per heavy atom. The van der Waals surface area contributed by atoms with Gasteiger partial charge in [0, 0.05) is 26.4 Å². The molecule has 0 radical (unpaired) electrons. The number of aliphatic hydroxyl groups is 1. The summed E-state index contributed by atoms with van der Waals surface area (Å²) < 4.78 is 6.89. The van der Waals surface area contributed by atoms with E-state index in [-0.39, 0.29) is 12.5 Å². The smallest absolute Gasteiger partial charge is 0.268 e. The summed E-state index contributed by atoms with van der Waals surface area (Å²) in [7, 11) is 1.64. The molecule has 112 valence electrons. The largest absolute Gasteiger partial charge is 0.392 e. The number of amides is 1. The maximum Gasteiger partial charge on any atom is 0.268 e. The van der Waals surface area contributed by atoms with Crippen molar-refractivity contribution >= 4 is 5.91 Å². The molecule has 2 N–H and O–H groups in total. The normalized spacial score (nSPS) is 10.6. The van der Waals surface area contributed by atoms with Crippen LogP contribution in [0.1, 0.15) is 21.6 Å². The molecule has 1 aromatic carbocycles. The van der Waals surface area contributed by atoms with Crippen LogP contribution in [0.5, 0.6) is 0 Å². The molecule has 5 heteroatoms. The fourth-order valence-corrected chi connectivity index (χ4v) is 2.12. The third kappa shape index (κ3) is 4.18. The van der Waals surface area contributed by atoms with Crippen molar-refractivity contribution in [3.63, 3.8) is 0 Å². The third-order valence-corrected chi connectivity index (χ3v) is 3.23. The summed E-state index contributed by atoms with van der Waals surface area (Å²) in [4.78, 5) is 12.2. The Kier molecular flexibility index (Phi) is 5.54. The molecule has 1 amide bonds. The molecule has 0 unspecified atom stereocenters. The number of hydrogen-bond acceptors (Lipinski definition) is 3.